The summed E-state index contributed by atoms with van der Waals surface area (Å²) in [5, 5.41) is 13.1. The fourth-order valence-corrected chi connectivity index (χ4v) is 2.38. The van der Waals surface area contributed by atoms with Crippen molar-refractivity contribution in [1.82, 2.24) is 10.2 Å². The number of nitrogens with one attached hydrogen (secondary N) is 1. The second-order valence-corrected chi connectivity index (χ2v) is 6.90. The summed E-state index contributed by atoms with van der Waals surface area (Å²) in [4.78, 5) is 12.0. The van der Waals surface area contributed by atoms with Crippen molar-refractivity contribution in [3.63, 3.8) is 0 Å². The lowest BCUT2D eigenvalue weighted by Gasteiger charge is -2.16. The number of nitrogens with zero attached hydrogens (tertiary/aromatic N) is 2. The number of aromatic nitrogens is 2. The van der Waals surface area contributed by atoms with Gasteiger partial charge in [0.1, 0.15) is 5.75 Å². The van der Waals surface area contributed by atoms with Crippen LogP contribution < -0.4 is 10.1 Å². The summed E-state index contributed by atoms with van der Waals surface area (Å²) in [5.74, 6) is 0.800. The van der Waals surface area contributed by atoms with Crippen LogP contribution in [0.4, 0.5) is 5.82 Å². The first kappa shape index (κ1) is 16.9. The van der Waals surface area contributed by atoms with Crippen LogP contribution in [0.2, 0.25) is 0 Å². The molecule has 0 aliphatic rings. The maximum absolute atomic E-state index is 12.0. The molecule has 1 N–H and O–H groups in total. The zero-order chi connectivity index (χ0) is 17.9. The molecule has 5 nitrogen and oxygen atoms in total. The Kier molecular flexibility index (Phi) is 4.65. The van der Waals surface area contributed by atoms with E-state index in [1.54, 1.807) is 6.07 Å². The SMILES string of the molecule is CC(C)(C)c1ccc(NC(=O)COc2ccc3ccccc3c2)nn1. The van der Waals surface area contributed by atoms with Crippen LogP contribution in [0, 0.1) is 0 Å². The molecule has 0 spiro atoms. The molecule has 2 aromatic carbocycles. The van der Waals surface area contributed by atoms with Crippen LogP contribution in [0.1, 0.15) is 26.5 Å². The number of amides is 1. The summed E-state index contributed by atoms with van der Waals surface area (Å²) in [7, 11) is 0. The van der Waals surface area contributed by atoms with Gasteiger partial charge in [0.15, 0.2) is 12.4 Å². The first-order valence-electron chi connectivity index (χ1n) is 8.17. The van der Waals surface area contributed by atoms with Gasteiger partial charge in [0.2, 0.25) is 0 Å². The van der Waals surface area contributed by atoms with Crippen LogP contribution in [0.3, 0.4) is 0 Å². The number of carbonyl (C=O) groups is 1. The van der Waals surface area contributed by atoms with Gasteiger partial charge in [-0.3, -0.25) is 4.79 Å². The summed E-state index contributed by atoms with van der Waals surface area (Å²) >= 11 is 0. The molecular formula is C20H21N3O2. The second-order valence-electron chi connectivity index (χ2n) is 6.90. The van der Waals surface area contributed by atoms with Crippen LogP contribution in [-0.2, 0) is 10.2 Å². The van der Waals surface area contributed by atoms with Crippen molar-refractivity contribution in [3.05, 3.63) is 60.3 Å². The minimum atomic E-state index is -0.272. The Morgan fingerprint density at radius 1 is 1.00 bits per heavy atom. The van der Waals surface area contributed by atoms with Crippen LogP contribution in [0.15, 0.2) is 54.6 Å². The van der Waals surface area contributed by atoms with Gasteiger partial charge in [0.05, 0.1) is 5.69 Å². The number of hydrogen-bond donors (Lipinski definition) is 1. The highest BCUT2D eigenvalue weighted by atomic mass is 16.5. The zero-order valence-corrected chi connectivity index (χ0v) is 14.6. The average Bonchev–Trinajstić information content (AvgIpc) is 2.59. The zero-order valence-electron chi connectivity index (χ0n) is 14.6. The minimum Gasteiger partial charge on any atom is -0.484 e. The molecule has 0 aliphatic heterocycles. The summed E-state index contributed by atoms with van der Waals surface area (Å²) in [6.45, 7) is 6.10. The molecule has 0 bridgehead atoms. The summed E-state index contributed by atoms with van der Waals surface area (Å²) in [5.41, 5.74) is 0.798. The standard InChI is InChI=1S/C20H21N3O2/c1-20(2,3)17-10-11-18(23-22-17)21-19(24)13-25-16-9-8-14-6-4-5-7-15(14)12-16/h4-12H,13H2,1-3H3,(H,21,23,24). The number of ether oxygens (including phenoxy) is 1. The Hall–Kier alpha value is -2.95. The molecule has 0 saturated carbocycles. The van der Waals surface area contributed by atoms with E-state index in [9.17, 15) is 4.79 Å². The van der Waals surface area contributed by atoms with E-state index in [1.807, 2.05) is 48.5 Å². The van der Waals surface area contributed by atoms with E-state index in [0.717, 1.165) is 16.5 Å². The molecule has 1 heterocycles. The summed E-state index contributed by atoms with van der Waals surface area (Å²) in [6.07, 6.45) is 0. The van der Waals surface area contributed by atoms with Crippen LogP contribution in [0.5, 0.6) is 5.75 Å². The van der Waals surface area contributed by atoms with E-state index >= 15 is 0 Å². The Morgan fingerprint density at radius 2 is 1.76 bits per heavy atom. The summed E-state index contributed by atoms with van der Waals surface area (Å²) in [6, 6.07) is 17.4. The topological polar surface area (TPSA) is 64.1 Å². The van der Waals surface area contributed by atoms with E-state index < -0.39 is 0 Å². The molecule has 128 valence electrons. The van der Waals surface area contributed by atoms with Crippen LogP contribution in [0.25, 0.3) is 10.8 Å². The van der Waals surface area contributed by atoms with Crippen molar-refractivity contribution in [3.8, 4) is 5.75 Å². The van der Waals surface area contributed by atoms with Gasteiger partial charge in [0, 0.05) is 5.41 Å². The number of benzene rings is 2. The normalized spacial score (nSPS) is 11.3. The maximum Gasteiger partial charge on any atom is 0.263 e. The predicted octanol–water partition coefficient (Wildman–Crippen LogP) is 3.94. The fourth-order valence-electron chi connectivity index (χ4n) is 2.38. The van der Waals surface area contributed by atoms with Crippen LogP contribution in [-0.4, -0.2) is 22.7 Å². The van der Waals surface area contributed by atoms with Crippen molar-refractivity contribution < 1.29 is 9.53 Å². The molecule has 0 atom stereocenters. The molecule has 0 unspecified atom stereocenters. The molecule has 5 heteroatoms. The highest BCUT2D eigenvalue weighted by Crippen LogP contribution is 2.21. The van der Waals surface area contributed by atoms with E-state index in [1.165, 1.54) is 0 Å². The predicted molar refractivity (Wildman–Crippen MR) is 98.8 cm³/mol. The highest BCUT2D eigenvalue weighted by molar-refractivity contribution is 5.91. The largest absolute Gasteiger partial charge is 0.484 e. The maximum atomic E-state index is 12.0. The third-order valence-electron chi connectivity index (χ3n) is 3.79. The first-order chi connectivity index (χ1) is 11.9. The quantitative estimate of drug-likeness (QED) is 0.784. The lowest BCUT2D eigenvalue weighted by Crippen LogP contribution is -2.21. The number of fused-ring (bicyclic) bond motifs is 1. The second kappa shape index (κ2) is 6.89. The Balaban J connectivity index is 1.58. The number of hydrogen-bond acceptors (Lipinski definition) is 4. The Bertz CT molecular complexity index is 883. The van der Waals surface area contributed by atoms with Gasteiger partial charge in [-0.25, -0.2) is 0 Å². The smallest absolute Gasteiger partial charge is 0.263 e. The van der Waals surface area contributed by atoms with Crippen molar-refractivity contribution >= 4 is 22.5 Å². The number of carbonyl (C=O) groups excluding carboxylic acids is 1. The van der Waals surface area contributed by atoms with Gasteiger partial charge in [-0.15, -0.1) is 5.10 Å². The van der Waals surface area contributed by atoms with Gasteiger partial charge < -0.3 is 10.1 Å². The number of rotatable bonds is 4. The molecule has 0 saturated heterocycles. The van der Waals surface area contributed by atoms with Crippen molar-refractivity contribution in [2.75, 3.05) is 11.9 Å². The molecule has 0 fully saturated rings. The molecule has 0 radical (unpaired) electrons. The van der Waals surface area contributed by atoms with Crippen LogP contribution >= 0.6 is 0 Å². The minimum absolute atomic E-state index is 0.0747. The van der Waals surface area contributed by atoms with Crippen molar-refractivity contribution in [2.45, 2.75) is 26.2 Å². The lowest BCUT2D eigenvalue weighted by molar-refractivity contribution is -0.118. The first-order valence-corrected chi connectivity index (χ1v) is 8.17. The molecule has 1 amide bonds. The number of anilines is 1. The van der Waals surface area contributed by atoms with Crippen molar-refractivity contribution in [1.29, 1.82) is 0 Å². The average molecular weight is 335 g/mol. The Labute approximate surface area is 147 Å². The van der Waals surface area contributed by atoms with Gasteiger partial charge in [-0.05, 0) is 35.0 Å². The third kappa shape index (κ3) is 4.32. The van der Waals surface area contributed by atoms with Crippen molar-refractivity contribution in [2.24, 2.45) is 0 Å². The molecule has 25 heavy (non-hydrogen) atoms. The third-order valence-corrected chi connectivity index (χ3v) is 3.79. The molecule has 1 aromatic heterocycles. The molecular weight excluding hydrogens is 314 g/mol. The van der Waals surface area contributed by atoms with Gasteiger partial charge >= 0.3 is 0 Å². The monoisotopic (exact) mass is 335 g/mol. The fraction of sp³-hybridized carbons (Fsp3) is 0.250. The van der Waals surface area contributed by atoms with E-state index in [2.05, 4.69) is 36.3 Å². The van der Waals surface area contributed by atoms with E-state index in [-0.39, 0.29) is 17.9 Å². The Morgan fingerprint density at radius 3 is 2.44 bits per heavy atom. The van der Waals surface area contributed by atoms with Gasteiger partial charge in [-0.2, -0.15) is 5.10 Å². The summed E-state index contributed by atoms with van der Waals surface area (Å²) < 4.78 is 5.57. The van der Waals surface area contributed by atoms with E-state index in [0.29, 0.717) is 11.6 Å². The molecule has 3 aromatic rings. The lowest BCUT2D eigenvalue weighted by atomic mass is 9.92. The molecule has 0 aliphatic carbocycles. The highest BCUT2D eigenvalue weighted by Gasteiger charge is 2.16. The van der Waals surface area contributed by atoms with E-state index in [4.69, 9.17) is 4.74 Å². The van der Waals surface area contributed by atoms with Gasteiger partial charge in [0.25, 0.3) is 5.91 Å². The molecule has 3 rings (SSSR count). The van der Waals surface area contributed by atoms with Gasteiger partial charge in [-0.1, -0.05) is 51.1 Å².